The van der Waals surface area contributed by atoms with Gasteiger partial charge in [0.15, 0.2) is 0 Å². The van der Waals surface area contributed by atoms with Gasteiger partial charge in [0.25, 0.3) is 0 Å². The Morgan fingerprint density at radius 1 is 1.26 bits per heavy atom. The second-order valence-corrected chi connectivity index (χ2v) is 4.61. The third-order valence-corrected chi connectivity index (χ3v) is 2.72. The second-order valence-electron chi connectivity index (χ2n) is 4.35. The molecule has 4 nitrogen and oxygen atoms in total. The van der Waals surface area contributed by atoms with E-state index in [1.807, 2.05) is 0 Å². The van der Waals surface area contributed by atoms with Crippen LogP contribution < -0.4 is 4.74 Å². The average Bonchev–Trinajstić information content (AvgIpc) is 2.57. The Balaban J connectivity index is 2.68. The Hall–Kier alpha value is -2.53. The van der Waals surface area contributed by atoms with E-state index in [1.54, 1.807) is 42.5 Å². The van der Waals surface area contributed by atoms with Crippen molar-refractivity contribution in [2.75, 3.05) is 12.5 Å². The molecule has 0 heterocycles. The topological polar surface area (TPSA) is 47.9 Å². The van der Waals surface area contributed by atoms with Gasteiger partial charge >= 0.3 is 0 Å². The summed E-state index contributed by atoms with van der Waals surface area (Å²) in [7, 11) is 0. The van der Waals surface area contributed by atoms with Crippen molar-refractivity contribution < 1.29 is 14.3 Å². The van der Waals surface area contributed by atoms with Gasteiger partial charge in [0, 0.05) is 11.1 Å². The summed E-state index contributed by atoms with van der Waals surface area (Å²) in [4.78, 5) is 14.8. The van der Waals surface area contributed by atoms with E-state index >= 15 is 0 Å². The number of allylic oxidation sites excluding steroid dienone is 2. The van der Waals surface area contributed by atoms with Gasteiger partial charge in [-0.25, -0.2) is 4.99 Å². The minimum Gasteiger partial charge on any atom is -0.487 e. The predicted molar refractivity (Wildman–Crippen MR) is 97.3 cm³/mol. The minimum atomic E-state index is 0.168. The number of thiol groups is 1. The van der Waals surface area contributed by atoms with Crippen molar-refractivity contribution in [3.63, 3.8) is 0 Å². The smallest absolute Gasteiger partial charge is 0.221 e. The highest BCUT2D eigenvalue weighted by atomic mass is 32.1. The minimum absolute atomic E-state index is 0.168. The van der Waals surface area contributed by atoms with Gasteiger partial charge in [0.05, 0.1) is 5.70 Å². The van der Waals surface area contributed by atoms with Crippen LogP contribution in [0.1, 0.15) is 10.4 Å². The molecule has 1 aromatic carbocycles. The number of hydrogen-bond donors (Lipinski definition) is 1. The zero-order valence-corrected chi connectivity index (χ0v) is 13.7. The highest BCUT2D eigenvalue weighted by Gasteiger charge is 2.05. The first-order valence-corrected chi connectivity index (χ1v) is 7.40. The van der Waals surface area contributed by atoms with Crippen molar-refractivity contribution in [3.8, 4) is 5.75 Å². The first-order valence-electron chi connectivity index (χ1n) is 6.77. The maximum Gasteiger partial charge on any atom is 0.221 e. The lowest BCUT2D eigenvalue weighted by Crippen LogP contribution is -2.08. The molecular formula is C18H19NO3S. The maximum absolute atomic E-state index is 10.6. The molecule has 0 saturated carbocycles. The monoisotopic (exact) mass is 329 g/mol. The molecule has 0 aliphatic rings. The van der Waals surface area contributed by atoms with Gasteiger partial charge in [0.2, 0.25) is 5.90 Å². The third-order valence-electron chi connectivity index (χ3n) is 2.59. The number of rotatable bonds is 9. The number of aldehydes is 1. The Morgan fingerprint density at radius 3 is 2.52 bits per heavy atom. The van der Waals surface area contributed by atoms with Crippen molar-refractivity contribution >= 4 is 24.8 Å². The fraction of sp³-hybridized carbons (Fsp3) is 0.111. The van der Waals surface area contributed by atoms with Crippen LogP contribution in [0.15, 0.2) is 78.5 Å². The van der Waals surface area contributed by atoms with Crippen molar-refractivity contribution in [1.82, 2.24) is 0 Å². The number of benzene rings is 1. The molecule has 5 heteroatoms. The molecule has 0 bridgehead atoms. The molecule has 0 N–H and O–H groups in total. The summed E-state index contributed by atoms with van der Waals surface area (Å²) < 4.78 is 10.9. The molecule has 0 unspecified atom stereocenters. The summed E-state index contributed by atoms with van der Waals surface area (Å²) >= 11 is 4.02. The summed E-state index contributed by atoms with van der Waals surface area (Å²) in [5.74, 6) is 1.11. The van der Waals surface area contributed by atoms with Gasteiger partial charge in [-0.2, -0.15) is 0 Å². The molecule has 1 rings (SSSR count). The van der Waals surface area contributed by atoms with Gasteiger partial charge in [0.1, 0.15) is 24.6 Å². The zero-order chi connectivity index (χ0) is 17.1. The summed E-state index contributed by atoms with van der Waals surface area (Å²) in [5, 5.41) is 0. The van der Waals surface area contributed by atoms with Crippen molar-refractivity contribution in [3.05, 3.63) is 79.1 Å². The number of nitrogens with zero attached hydrogens (tertiary/aromatic N) is 1. The van der Waals surface area contributed by atoms with E-state index in [1.165, 1.54) is 0 Å². The average molecular weight is 329 g/mol. The molecule has 0 aliphatic carbocycles. The summed E-state index contributed by atoms with van der Waals surface area (Å²) in [6.45, 7) is 11.5. The maximum atomic E-state index is 10.6. The predicted octanol–water partition coefficient (Wildman–Crippen LogP) is 3.99. The highest BCUT2D eigenvalue weighted by Crippen LogP contribution is 2.13. The lowest BCUT2D eigenvalue weighted by molar-refractivity contribution is 0.112. The Labute approximate surface area is 141 Å². The van der Waals surface area contributed by atoms with Crippen LogP contribution in [0.2, 0.25) is 0 Å². The summed E-state index contributed by atoms with van der Waals surface area (Å²) in [6, 6.07) is 6.76. The Bertz CT molecular complexity index is 630. The number of carbonyl (C=O) groups excluding carboxylic acids is 1. The lowest BCUT2D eigenvalue weighted by Gasteiger charge is -2.09. The molecule has 0 aliphatic heterocycles. The van der Waals surface area contributed by atoms with Crippen LogP contribution in [-0.4, -0.2) is 24.7 Å². The van der Waals surface area contributed by atoms with Crippen molar-refractivity contribution in [1.29, 1.82) is 0 Å². The van der Waals surface area contributed by atoms with E-state index in [0.717, 1.165) is 6.29 Å². The van der Waals surface area contributed by atoms with E-state index in [-0.39, 0.29) is 12.5 Å². The summed E-state index contributed by atoms with van der Waals surface area (Å²) in [6.07, 6.45) is 5.86. The third kappa shape index (κ3) is 6.84. The van der Waals surface area contributed by atoms with E-state index in [2.05, 4.69) is 37.4 Å². The molecule has 0 atom stereocenters. The van der Waals surface area contributed by atoms with Crippen LogP contribution in [0.25, 0.3) is 0 Å². The molecule has 0 spiro atoms. The van der Waals surface area contributed by atoms with Crippen molar-refractivity contribution in [2.24, 2.45) is 4.99 Å². The zero-order valence-electron chi connectivity index (χ0n) is 12.8. The normalized spacial score (nSPS) is 11.1. The largest absolute Gasteiger partial charge is 0.487 e. The summed E-state index contributed by atoms with van der Waals surface area (Å²) in [5.41, 5.74) is 1.63. The Morgan fingerprint density at radius 2 is 1.96 bits per heavy atom. The molecule has 0 aromatic heterocycles. The van der Waals surface area contributed by atoms with Gasteiger partial charge in [-0.1, -0.05) is 38.0 Å². The molecule has 0 radical (unpaired) electrons. The molecule has 0 fully saturated rings. The van der Waals surface area contributed by atoms with Crippen LogP contribution in [0.3, 0.4) is 0 Å². The Kier molecular flexibility index (Phi) is 8.24. The van der Waals surface area contributed by atoms with Gasteiger partial charge in [-0.15, -0.1) is 12.6 Å². The van der Waals surface area contributed by atoms with Crippen LogP contribution in [-0.2, 0) is 4.74 Å². The molecule has 120 valence electrons. The molecule has 1 aromatic rings. The van der Waals surface area contributed by atoms with Gasteiger partial charge in [-0.05, 0) is 24.3 Å². The van der Waals surface area contributed by atoms with Crippen LogP contribution in [0.4, 0.5) is 0 Å². The molecule has 0 saturated heterocycles. The van der Waals surface area contributed by atoms with Gasteiger partial charge in [-0.3, -0.25) is 4.79 Å². The van der Waals surface area contributed by atoms with E-state index in [9.17, 15) is 4.79 Å². The first-order chi connectivity index (χ1) is 11.1. The fourth-order valence-electron chi connectivity index (χ4n) is 1.50. The van der Waals surface area contributed by atoms with Crippen molar-refractivity contribution in [2.45, 2.75) is 0 Å². The van der Waals surface area contributed by atoms with Crippen LogP contribution in [0.5, 0.6) is 5.75 Å². The standard InChI is InChI=1S/C18H19NO3S/c1-4-5-6-14(2)18(22-13-23)19-15(3)12-21-17-9-7-16(11-20)8-10-17/h4-11,23H,1-3,12-13H2/b6-5-,19-18-. The molecule has 0 amide bonds. The highest BCUT2D eigenvalue weighted by molar-refractivity contribution is 7.80. The second kappa shape index (κ2) is 10.2. The van der Waals surface area contributed by atoms with E-state index in [0.29, 0.717) is 28.5 Å². The first kappa shape index (κ1) is 18.5. The molecular weight excluding hydrogens is 310 g/mol. The number of carbonyl (C=O) groups is 1. The van der Waals surface area contributed by atoms with Crippen LogP contribution >= 0.6 is 12.6 Å². The van der Waals surface area contributed by atoms with Crippen LogP contribution in [0, 0.1) is 0 Å². The quantitative estimate of drug-likeness (QED) is 0.186. The number of aliphatic imine (C=N–C) groups is 1. The number of ether oxygens (including phenoxy) is 2. The van der Waals surface area contributed by atoms with E-state index in [4.69, 9.17) is 9.47 Å². The number of hydrogen-bond acceptors (Lipinski definition) is 5. The van der Waals surface area contributed by atoms with E-state index < -0.39 is 0 Å². The van der Waals surface area contributed by atoms with Gasteiger partial charge < -0.3 is 9.47 Å². The SMILES string of the molecule is C=C/C=C\C(=C)/C(=N/C(=C)COc1ccc(C=O)cc1)OCS. The fourth-order valence-corrected chi connectivity index (χ4v) is 1.62. The lowest BCUT2D eigenvalue weighted by atomic mass is 10.2. The molecule has 23 heavy (non-hydrogen) atoms.